The van der Waals surface area contributed by atoms with Gasteiger partial charge >= 0.3 is 18.0 Å². The lowest BCUT2D eigenvalue weighted by atomic mass is 9.87. The van der Waals surface area contributed by atoms with Gasteiger partial charge in [0.05, 0.1) is 0 Å². The van der Waals surface area contributed by atoms with E-state index in [1.807, 2.05) is 0 Å². The van der Waals surface area contributed by atoms with E-state index >= 15 is 0 Å². The van der Waals surface area contributed by atoms with Gasteiger partial charge < -0.3 is 0 Å². The van der Waals surface area contributed by atoms with E-state index in [0.29, 0.717) is 6.92 Å². The quantitative estimate of drug-likeness (QED) is 0.395. The molecule has 0 aromatic carbocycles. The van der Waals surface area contributed by atoms with Crippen molar-refractivity contribution in [2.45, 2.75) is 35.8 Å². The first-order chi connectivity index (χ1) is 6.35. The van der Waals surface area contributed by atoms with Crippen LogP contribution in [0.1, 0.15) is 13.8 Å². The van der Waals surface area contributed by atoms with E-state index < -0.39 is 27.9 Å². The molecule has 15 heavy (non-hydrogen) atoms. The van der Waals surface area contributed by atoms with E-state index in [-0.39, 0.29) is 0 Å². The van der Waals surface area contributed by atoms with Gasteiger partial charge in [-0.25, -0.2) is 4.39 Å². The molecule has 0 N–H and O–H groups in total. The molecule has 0 aliphatic rings. The maximum atomic E-state index is 13.2. The van der Waals surface area contributed by atoms with Crippen LogP contribution < -0.4 is 0 Å². The van der Waals surface area contributed by atoms with E-state index in [2.05, 4.69) is 0 Å². The van der Waals surface area contributed by atoms with E-state index in [4.69, 9.17) is 0 Å². The Hall–Kier alpha value is 0.240. The molecule has 0 saturated heterocycles. The molecular formula is C7H8F7I. The molecule has 0 heterocycles. The number of hydrogen-bond acceptors (Lipinski definition) is 0. The number of rotatable bonds is 2. The van der Waals surface area contributed by atoms with Gasteiger partial charge in [0.25, 0.3) is 0 Å². The minimum absolute atomic E-state index is 0.595. The van der Waals surface area contributed by atoms with Crippen LogP contribution in [0.15, 0.2) is 0 Å². The molecule has 0 fully saturated rings. The lowest BCUT2D eigenvalue weighted by Gasteiger charge is -2.36. The molecule has 0 aromatic heterocycles. The maximum Gasteiger partial charge on any atom is 0.431 e. The predicted octanol–water partition coefficient (Wildman–Crippen LogP) is 4.28. The van der Waals surface area contributed by atoms with Crippen molar-refractivity contribution < 1.29 is 30.7 Å². The summed E-state index contributed by atoms with van der Waals surface area (Å²) in [6.45, 7) is 1.69. The van der Waals surface area contributed by atoms with Crippen LogP contribution in [-0.4, -0.2) is 21.9 Å². The third-order valence-electron chi connectivity index (χ3n) is 2.14. The lowest BCUT2D eigenvalue weighted by Crippen LogP contribution is -2.59. The SMILES string of the molecule is CC(I)C(C)C(F)(C(F)(F)F)C(F)(F)F. The second kappa shape index (κ2) is 4.25. The molecule has 0 spiro atoms. The molecule has 0 bridgehead atoms. The van der Waals surface area contributed by atoms with Crippen molar-refractivity contribution in [3.63, 3.8) is 0 Å². The predicted molar refractivity (Wildman–Crippen MR) is 48.6 cm³/mol. The standard InChI is InChI=1S/C7H8F7I/c1-3(4(2)15)5(8,6(9,10)11)7(12,13)14/h3-4H,1-2H3. The summed E-state index contributed by atoms with van der Waals surface area (Å²) in [5.41, 5.74) is -5.15. The van der Waals surface area contributed by atoms with Crippen molar-refractivity contribution in [3.8, 4) is 0 Å². The van der Waals surface area contributed by atoms with E-state index in [0.717, 1.165) is 6.92 Å². The van der Waals surface area contributed by atoms with Gasteiger partial charge in [0.2, 0.25) is 0 Å². The van der Waals surface area contributed by atoms with Gasteiger partial charge in [-0.05, 0) is 0 Å². The summed E-state index contributed by atoms with van der Waals surface area (Å²) in [5.74, 6) is -2.20. The highest BCUT2D eigenvalue weighted by Gasteiger charge is 2.75. The summed E-state index contributed by atoms with van der Waals surface area (Å²) in [6, 6.07) is 0. The summed E-state index contributed by atoms with van der Waals surface area (Å²) < 4.78 is 84.8. The number of alkyl halides is 8. The van der Waals surface area contributed by atoms with Crippen molar-refractivity contribution in [1.82, 2.24) is 0 Å². The topological polar surface area (TPSA) is 0 Å². The molecule has 92 valence electrons. The van der Waals surface area contributed by atoms with E-state index in [9.17, 15) is 30.7 Å². The largest absolute Gasteiger partial charge is 0.431 e. The highest BCUT2D eigenvalue weighted by Crippen LogP contribution is 2.52. The molecule has 0 saturated carbocycles. The van der Waals surface area contributed by atoms with Gasteiger partial charge in [0.1, 0.15) is 0 Å². The van der Waals surface area contributed by atoms with Gasteiger partial charge in [0.15, 0.2) is 0 Å². The Balaban J connectivity index is 5.43. The van der Waals surface area contributed by atoms with Crippen molar-refractivity contribution in [2.24, 2.45) is 5.92 Å². The Morgan fingerprint density at radius 3 is 1.13 bits per heavy atom. The molecule has 0 amide bonds. The van der Waals surface area contributed by atoms with E-state index in [1.165, 1.54) is 22.6 Å². The minimum Gasteiger partial charge on any atom is -0.223 e. The molecule has 0 aliphatic heterocycles. The minimum atomic E-state index is -5.95. The molecule has 0 aliphatic carbocycles. The number of hydrogen-bond donors (Lipinski definition) is 0. The van der Waals surface area contributed by atoms with Gasteiger partial charge in [-0.1, -0.05) is 36.4 Å². The third-order valence-corrected chi connectivity index (χ3v) is 3.22. The highest BCUT2D eigenvalue weighted by atomic mass is 127. The van der Waals surface area contributed by atoms with Crippen LogP contribution in [0.3, 0.4) is 0 Å². The van der Waals surface area contributed by atoms with Crippen molar-refractivity contribution in [1.29, 1.82) is 0 Å². The number of halogens is 8. The molecular weight excluding hydrogens is 344 g/mol. The lowest BCUT2D eigenvalue weighted by molar-refractivity contribution is -0.355. The summed E-state index contributed by atoms with van der Waals surface area (Å²) in [4.78, 5) is 0. The summed E-state index contributed by atoms with van der Waals surface area (Å²) in [6.07, 6.45) is -11.9. The fourth-order valence-electron chi connectivity index (χ4n) is 0.993. The zero-order valence-corrected chi connectivity index (χ0v) is 9.84. The summed E-state index contributed by atoms with van der Waals surface area (Å²) >= 11 is 1.33. The first-order valence-electron chi connectivity index (χ1n) is 3.82. The fourth-order valence-corrected chi connectivity index (χ4v) is 1.49. The van der Waals surface area contributed by atoms with Crippen molar-refractivity contribution in [3.05, 3.63) is 0 Å². The summed E-state index contributed by atoms with van der Waals surface area (Å²) in [7, 11) is 0. The van der Waals surface area contributed by atoms with Crippen LogP contribution in [0, 0.1) is 5.92 Å². The maximum absolute atomic E-state index is 13.2. The molecule has 2 atom stereocenters. The van der Waals surface area contributed by atoms with Crippen LogP contribution >= 0.6 is 22.6 Å². The normalized spacial score (nSPS) is 18.8. The van der Waals surface area contributed by atoms with Gasteiger partial charge in [-0.15, -0.1) is 0 Å². The summed E-state index contributed by atoms with van der Waals surface area (Å²) in [5, 5.41) is 0. The monoisotopic (exact) mass is 352 g/mol. The molecule has 0 radical (unpaired) electrons. The van der Waals surface area contributed by atoms with Crippen LogP contribution in [0.2, 0.25) is 0 Å². The Morgan fingerprint density at radius 1 is 0.800 bits per heavy atom. The van der Waals surface area contributed by atoms with Gasteiger partial charge in [0, 0.05) is 9.84 Å². The van der Waals surface area contributed by atoms with Gasteiger partial charge in [-0.3, -0.25) is 0 Å². The first kappa shape index (κ1) is 15.2. The zero-order chi connectivity index (χ0) is 12.7. The fraction of sp³-hybridized carbons (Fsp3) is 1.00. The molecule has 0 nitrogen and oxygen atoms in total. The average molecular weight is 352 g/mol. The Kier molecular flexibility index (Phi) is 4.32. The molecule has 0 rings (SSSR count). The smallest absolute Gasteiger partial charge is 0.223 e. The van der Waals surface area contributed by atoms with Gasteiger partial charge in [-0.2, -0.15) is 26.3 Å². The second-order valence-electron chi connectivity index (χ2n) is 3.17. The van der Waals surface area contributed by atoms with Crippen molar-refractivity contribution >= 4 is 22.6 Å². The average Bonchev–Trinajstić information content (AvgIpc) is 1.96. The molecule has 2 unspecified atom stereocenters. The van der Waals surface area contributed by atoms with Crippen LogP contribution in [-0.2, 0) is 0 Å². The van der Waals surface area contributed by atoms with E-state index in [1.54, 1.807) is 0 Å². The molecule has 8 heteroatoms. The van der Waals surface area contributed by atoms with Crippen LogP contribution in [0.5, 0.6) is 0 Å². The zero-order valence-electron chi connectivity index (χ0n) is 7.68. The second-order valence-corrected chi connectivity index (χ2v) is 5.14. The Morgan fingerprint density at radius 2 is 1.07 bits per heavy atom. The van der Waals surface area contributed by atoms with Crippen LogP contribution in [0.4, 0.5) is 30.7 Å². The Labute approximate surface area is 95.3 Å². The first-order valence-corrected chi connectivity index (χ1v) is 5.06. The van der Waals surface area contributed by atoms with Crippen molar-refractivity contribution in [2.75, 3.05) is 0 Å². The third kappa shape index (κ3) is 2.68. The molecule has 0 aromatic rings. The highest BCUT2D eigenvalue weighted by molar-refractivity contribution is 14.1. The van der Waals surface area contributed by atoms with Crippen LogP contribution in [0.25, 0.3) is 0 Å². The Bertz CT molecular complexity index is 202.